The lowest BCUT2D eigenvalue weighted by Crippen LogP contribution is -2.37. The summed E-state index contributed by atoms with van der Waals surface area (Å²) in [6.07, 6.45) is 0. The molecule has 102 valence electrons. The molecule has 0 fully saturated rings. The number of anilines is 1. The van der Waals surface area contributed by atoms with Crippen LogP contribution in [-0.2, 0) is 9.09 Å². The molecule has 1 aromatic rings. The molecule has 0 aliphatic heterocycles. The molecule has 18 heavy (non-hydrogen) atoms. The van der Waals surface area contributed by atoms with Gasteiger partial charge in [-0.1, -0.05) is 12.1 Å². The van der Waals surface area contributed by atoms with Gasteiger partial charge >= 0.3 is 7.82 Å². The van der Waals surface area contributed by atoms with E-state index in [2.05, 4.69) is 0 Å². The van der Waals surface area contributed by atoms with Crippen LogP contribution >= 0.6 is 7.82 Å². The van der Waals surface area contributed by atoms with E-state index >= 15 is 0 Å². The predicted octanol–water partition coefficient (Wildman–Crippen LogP) is 0.839. The molecule has 1 unspecified atom stereocenters. The number of nitrogens with two attached hydrogens (primary N) is 1. The predicted molar refractivity (Wildman–Crippen MR) is 67.9 cm³/mol. The number of nitrogens with zero attached hydrogens (tertiary/aromatic N) is 1. The number of para-hydroxylation sites is 2. The molecular weight excluding hydrogens is 255 g/mol. The summed E-state index contributed by atoms with van der Waals surface area (Å²) in [6, 6.07) is 6.36. The second kappa shape index (κ2) is 5.71. The van der Waals surface area contributed by atoms with Gasteiger partial charge in [-0.15, -0.1) is 0 Å². The maximum Gasteiger partial charge on any atom is 0.320 e. The number of quaternary nitrogens is 1. The standard InChI is InChI=1S/C11H19N2O4P/c1-13(2,3)8-9-16-18(14,15)17-11-7-5-4-6-10(11)12/h4-7H,8-9,12H2,1-3H3. The molecule has 0 aromatic heterocycles. The Morgan fingerprint density at radius 2 is 1.94 bits per heavy atom. The molecule has 0 bridgehead atoms. The Bertz CT molecular complexity index is 445. The van der Waals surface area contributed by atoms with Crippen LogP contribution in [0, 0.1) is 0 Å². The fourth-order valence-corrected chi connectivity index (χ4v) is 1.90. The summed E-state index contributed by atoms with van der Waals surface area (Å²) >= 11 is 0. The molecule has 6 nitrogen and oxygen atoms in total. The van der Waals surface area contributed by atoms with Crippen LogP contribution in [0.15, 0.2) is 24.3 Å². The lowest BCUT2D eigenvalue weighted by Gasteiger charge is -2.27. The second-order valence-corrected chi connectivity index (χ2v) is 6.26. The van der Waals surface area contributed by atoms with E-state index in [-0.39, 0.29) is 18.0 Å². The van der Waals surface area contributed by atoms with Crippen molar-refractivity contribution in [3.63, 3.8) is 0 Å². The first-order chi connectivity index (χ1) is 8.20. The maximum atomic E-state index is 11.6. The third-order valence-electron chi connectivity index (χ3n) is 2.14. The van der Waals surface area contributed by atoms with E-state index in [0.717, 1.165) is 0 Å². The molecule has 0 saturated heterocycles. The van der Waals surface area contributed by atoms with E-state index in [9.17, 15) is 9.46 Å². The van der Waals surface area contributed by atoms with Crippen molar-refractivity contribution in [2.45, 2.75) is 0 Å². The normalized spacial score (nSPS) is 15.1. The van der Waals surface area contributed by atoms with Gasteiger partial charge in [-0.2, -0.15) is 0 Å². The summed E-state index contributed by atoms with van der Waals surface area (Å²) < 4.78 is 21.7. The summed E-state index contributed by atoms with van der Waals surface area (Å²) in [5.74, 6) is 0.0843. The molecule has 0 amide bonds. The summed E-state index contributed by atoms with van der Waals surface area (Å²) in [5, 5.41) is 0. The number of benzene rings is 1. The molecular formula is C11H19N2O4P. The summed E-state index contributed by atoms with van der Waals surface area (Å²) in [6.45, 7) is 0.622. The van der Waals surface area contributed by atoms with Crippen molar-refractivity contribution in [1.82, 2.24) is 0 Å². The number of hydrogen-bond donors (Lipinski definition) is 1. The van der Waals surface area contributed by atoms with Gasteiger partial charge in [0.1, 0.15) is 13.2 Å². The van der Waals surface area contributed by atoms with E-state index in [1.807, 2.05) is 21.1 Å². The van der Waals surface area contributed by atoms with Gasteiger partial charge in [-0.05, 0) is 12.1 Å². The average Bonchev–Trinajstić information content (AvgIpc) is 2.18. The fourth-order valence-electron chi connectivity index (χ4n) is 1.14. The van der Waals surface area contributed by atoms with Crippen LogP contribution in [0.3, 0.4) is 0 Å². The van der Waals surface area contributed by atoms with E-state index in [4.69, 9.17) is 14.8 Å². The number of phosphoric ester groups is 1. The van der Waals surface area contributed by atoms with E-state index < -0.39 is 7.82 Å². The Hall–Kier alpha value is -1.07. The highest BCUT2D eigenvalue weighted by Crippen LogP contribution is 2.41. The average molecular weight is 274 g/mol. The summed E-state index contributed by atoms with van der Waals surface area (Å²) in [4.78, 5) is 11.6. The number of phosphoric acid groups is 1. The lowest BCUT2D eigenvalue weighted by atomic mass is 10.3. The molecule has 1 aromatic carbocycles. The van der Waals surface area contributed by atoms with Gasteiger partial charge in [0.15, 0.2) is 5.75 Å². The summed E-state index contributed by atoms with van der Waals surface area (Å²) in [5.41, 5.74) is 5.84. The van der Waals surface area contributed by atoms with Crippen LogP contribution in [0.25, 0.3) is 0 Å². The van der Waals surface area contributed by atoms with Gasteiger partial charge in [-0.25, -0.2) is 0 Å². The van der Waals surface area contributed by atoms with Crippen molar-refractivity contribution in [3.05, 3.63) is 24.3 Å². The Morgan fingerprint density at radius 3 is 2.50 bits per heavy atom. The molecule has 0 heterocycles. The minimum Gasteiger partial charge on any atom is -0.746 e. The molecule has 0 radical (unpaired) electrons. The number of rotatable bonds is 6. The first-order valence-corrected chi connectivity index (χ1v) is 6.96. The fraction of sp³-hybridized carbons (Fsp3) is 0.455. The minimum absolute atomic E-state index is 0.0665. The van der Waals surface area contributed by atoms with Crippen molar-refractivity contribution < 1.29 is 23.0 Å². The highest BCUT2D eigenvalue weighted by Gasteiger charge is 2.15. The van der Waals surface area contributed by atoms with Crippen molar-refractivity contribution >= 4 is 13.5 Å². The van der Waals surface area contributed by atoms with E-state index in [0.29, 0.717) is 11.0 Å². The van der Waals surface area contributed by atoms with Gasteiger partial charge in [0.25, 0.3) is 0 Å². The Morgan fingerprint density at radius 1 is 1.33 bits per heavy atom. The van der Waals surface area contributed by atoms with Crippen molar-refractivity contribution in [1.29, 1.82) is 0 Å². The smallest absolute Gasteiger partial charge is 0.320 e. The number of likely N-dealkylation sites (N-methyl/N-ethyl adjacent to an activating group) is 1. The highest BCUT2D eigenvalue weighted by atomic mass is 31.2. The second-order valence-electron chi connectivity index (χ2n) is 4.92. The van der Waals surface area contributed by atoms with E-state index in [1.54, 1.807) is 18.2 Å². The Kier molecular flexibility index (Phi) is 4.76. The van der Waals surface area contributed by atoms with Gasteiger partial charge in [0.2, 0.25) is 0 Å². The zero-order chi connectivity index (χ0) is 13.8. The Balaban J connectivity index is 2.55. The van der Waals surface area contributed by atoms with Crippen LogP contribution in [-0.4, -0.2) is 38.8 Å². The minimum atomic E-state index is -4.37. The number of nitrogen functional groups attached to an aromatic ring is 1. The molecule has 0 saturated carbocycles. The van der Waals surface area contributed by atoms with Gasteiger partial charge in [-0.3, -0.25) is 4.57 Å². The first-order valence-electron chi connectivity index (χ1n) is 5.50. The van der Waals surface area contributed by atoms with Crippen molar-refractivity contribution in [2.24, 2.45) is 0 Å². The Labute approximate surface area is 107 Å². The SMILES string of the molecule is C[N+](C)(C)CCOP(=O)([O-])Oc1ccccc1N. The molecule has 7 heteroatoms. The summed E-state index contributed by atoms with van der Waals surface area (Å²) in [7, 11) is 1.45. The largest absolute Gasteiger partial charge is 0.746 e. The van der Waals surface area contributed by atoms with Crippen molar-refractivity contribution in [3.8, 4) is 5.75 Å². The van der Waals surface area contributed by atoms with Crippen LogP contribution in [0.5, 0.6) is 5.75 Å². The quantitative estimate of drug-likeness (QED) is 0.472. The van der Waals surface area contributed by atoms with Crippen LogP contribution in [0.1, 0.15) is 0 Å². The van der Waals surface area contributed by atoms with Crippen LogP contribution in [0.4, 0.5) is 5.69 Å². The van der Waals surface area contributed by atoms with Gasteiger partial charge in [0.05, 0.1) is 26.8 Å². The van der Waals surface area contributed by atoms with E-state index in [1.165, 1.54) is 6.07 Å². The molecule has 0 spiro atoms. The van der Waals surface area contributed by atoms with Crippen LogP contribution in [0.2, 0.25) is 0 Å². The molecule has 1 atom stereocenters. The van der Waals surface area contributed by atoms with Gasteiger partial charge < -0.3 is 24.2 Å². The highest BCUT2D eigenvalue weighted by molar-refractivity contribution is 7.46. The first kappa shape index (κ1) is 15.0. The zero-order valence-electron chi connectivity index (χ0n) is 10.8. The zero-order valence-corrected chi connectivity index (χ0v) is 11.7. The lowest BCUT2D eigenvalue weighted by molar-refractivity contribution is -0.870. The van der Waals surface area contributed by atoms with Crippen LogP contribution < -0.4 is 15.2 Å². The topological polar surface area (TPSA) is 84.6 Å². The monoisotopic (exact) mass is 274 g/mol. The molecule has 0 aliphatic rings. The van der Waals surface area contributed by atoms with Crippen molar-refractivity contribution in [2.75, 3.05) is 40.0 Å². The number of hydrogen-bond acceptors (Lipinski definition) is 5. The van der Waals surface area contributed by atoms with Gasteiger partial charge in [0, 0.05) is 0 Å². The molecule has 0 aliphatic carbocycles. The third-order valence-corrected chi connectivity index (χ3v) is 3.06. The molecule has 1 rings (SSSR count). The maximum absolute atomic E-state index is 11.6. The third kappa shape index (κ3) is 5.51. The molecule has 2 N–H and O–H groups in total.